The van der Waals surface area contributed by atoms with Crippen LogP contribution < -0.4 is 5.32 Å². The summed E-state index contributed by atoms with van der Waals surface area (Å²) in [4.78, 5) is 22.5. The number of aliphatic carboxylic acids is 1. The van der Waals surface area contributed by atoms with Gasteiger partial charge in [0.2, 0.25) is 5.91 Å². The molecule has 2 N–H and O–H groups in total. The summed E-state index contributed by atoms with van der Waals surface area (Å²) in [6.45, 7) is 3.50. The van der Waals surface area contributed by atoms with E-state index in [1.807, 2.05) is 30.3 Å². The van der Waals surface area contributed by atoms with Crippen LogP contribution in [0.25, 0.3) is 6.08 Å². The third-order valence-electron chi connectivity index (χ3n) is 2.46. The van der Waals surface area contributed by atoms with Crippen LogP contribution in [0.1, 0.15) is 19.4 Å². The van der Waals surface area contributed by atoms with E-state index < -0.39 is 17.9 Å². The lowest BCUT2D eigenvalue weighted by Crippen LogP contribution is -2.43. The third-order valence-corrected chi connectivity index (χ3v) is 2.46. The zero-order valence-electron chi connectivity index (χ0n) is 10.5. The van der Waals surface area contributed by atoms with Crippen molar-refractivity contribution >= 4 is 18.0 Å². The molecule has 18 heavy (non-hydrogen) atoms. The monoisotopic (exact) mass is 247 g/mol. The van der Waals surface area contributed by atoms with Crippen molar-refractivity contribution in [2.75, 3.05) is 0 Å². The molecule has 0 unspecified atom stereocenters. The molecule has 0 radical (unpaired) electrons. The molecule has 0 aliphatic carbocycles. The van der Waals surface area contributed by atoms with E-state index in [1.165, 1.54) is 6.08 Å². The summed E-state index contributed by atoms with van der Waals surface area (Å²) in [5, 5.41) is 11.4. The summed E-state index contributed by atoms with van der Waals surface area (Å²) < 4.78 is 0. The van der Waals surface area contributed by atoms with Gasteiger partial charge < -0.3 is 10.4 Å². The molecule has 0 fully saturated rings. The van der Waals surface area contributed by atoms with Gasteiger partial charge in [-0.25, -0.2) is 4.79 Å². The zero-order chi connectivity index (χ0) is 13.5. The number of carboxylic acid groups (broad SMARTS) is 1. The SMILES string of the molecule is CC(C)[C@H](NC(=O)/C=C/c1ccccc1)C(=O)O. The van der Waals surface area contributed by atoms with Gasteiger partial charge >= 0.3 is 5.97 Å². The number of carbonyl (C=O) groups excluding carboxylic acids is 1. The summed E-state index contributed by atoms with van der Waals surface area (Å²) in [5.74, 6) is -1.58. The Balaban J connectivity index is 2.61. The maximum Gasteiger partial charge on any atom is 0.326 e. The van der Waals surface area contributed by atoms with Crippen molar-refractivity contribution in [2.24, 2.45) is 5.92 Å². The molecule has 0 saturated heterocycles. The first-order valence-corrected chi connectivity index (χ1v) is 5.77. The lowest BCUT2D eigenvalue weighted by molar-refractivity contribution is -0.142. The molecule has 0 aromatic heterocycles. The predicted molar refractivity (Wildman–Crippen MR) is 69.9 cm³/mol. The van der Waals surface area contributed by atoms with Gasteiger partial charge in [0, 0.05) is 6.08 Å². The lowest BCUT2D eigenvalue weighted by atomic mass is 10.0. The largest absolute Gasteiger partial charge is 0.480 e. The Bertz CT molecular complexity index is 438. The summed E-state index contributed by atoms with van der Waals surface area (Å²) >= 11 is 0. The molecular weight excluding hydrogens is 230 g/mol. The van der Waals surface area contributed by atoms with Crippen LogP contribution in [0.3, 0.4) is 0 Å². The van der Waals surface area contributed by atoms with E-state index in [4.69, 9.17) is 5.11 Å². The molecule has 96 valence electrons. The summed E-state index contributed by atoms with van der Waals surface area (Å²) in [6.07, 6.45) is 2.99. The Morgan fingerprint density at radius 2 is 1.83 bits per heavy atom. The number of hydrogen-bond donors (Lipinski definition) is 2. The molecule has 0 aliphatic rings. The Hall–Kier alpha value is -2.10. The molecule has 1 amide bonds. The van der Waals surface area contributed by atoms with Crippen LogP contribution in [0.4, 0.5) is 0 Å². The number of amides is 1. The number of carboxylic acids is 1. The molecule has 1 aromatic carbocycles. The summed E-state index contributed by atoms with van der Waals surface area (Å²) in [6, 6.07) is 8.48. The van der Waals surface area contributed by atoms with E-state index in [9.17, 15) is 9.59 Å². The highest BCUT2D eigenvalue weighted by Crippen LogP contribution is 2.03. The molecule has 0 heterocycles. The fraction of sp³-hybridized carbons (Fsp3) is 0.286. The van der Waals surface area contributed by atoms with Crippen LogP contribution in [-0.2, 0) is 9.59 Å². The van der Waals surface area contributed by atoms with Gasteiger partial charge in [-0.1, -0.05) is 44.2 Å². The Labute approximate surface area is 106 Å². The number of carbonyl (C=O) groups is 2. The van der Waals surface area contributed by atoms with Crippen molar-refractivity contribution in [3.63, 3.8) is 0 Å². The normalized spacial score (nSPS) is 12.6. The van der Waals surface area contributed by atoms with Crippen molar-refractivity contribution < 1.29 is 14.7 Å². The van der Waals surface area contributed by atoms with Gasteiger partial charge in [-0.15, -0.1) is 0 Å². The molecule has 4 nitrogen and oxygen atoms in total. The van der Waals surface area contributed by atoms with Crippen molar-refractivity contribution in [2.45, 2.75) is 19.9 Å². The van der Waals surface area contributed by atoms with Crippen LogP contribution in [-0.4, -0.2) is 23.0 Å². The van der Waals surface area contributed by atoms with Crippen LogP contribution in [0, 0.1) is 5.92 Å². The van der Waals surface area contributed by atoms with Crippen molar-refractivity contribution in [3.05, 3.63) is 42.0 Å². The number of nitrogens with one attached hydrogen (secondary N) is 1. The molecule has 0 bridgehead atoms. The van der Waals surface area contributed by atoms with Crippen molar-refractivity contribution in [3.8, 4) is 0 Å². The first-order valence-electron chi connectivity index (χ1n) is 5.77. The van der Waals surface area contributed by atoms with E-state index >= 15 is 0 Å². The van der Waals surface area contributed by atoms with Crippen LogP contribution in [0.15, 0.2) is 36.4 Å². The first-order chi connectivity index (χ1) is 8.50. The average molecular weight is 247 g/mol. The number of hydrogen-bond acceptors (Lipinski definition) is 2. The Kier molecular flexibility index (Phi) is 5.11. The van der Waals surface area contributed by atoms with Gasteiger partial charge in [0.15, 0.2) is 0 Å². The smallest absolute Gasteiger partial charge is 0.326 e. The highest BCUT2D eigenvalue weighted by Gasteiger charge is 2.22. The molecule has 0 aliphatic heterocycles. The molecule has 0 spiro atoms. The fourth-order valence-electron chi connectivity index (χ4n) is 1.45. The lowest BCUT2D eigenvalue weighted by Gasteiger charge is -2.16. The minimum absolute atomic E-state index is 0.156. The second kappa shape index (κ2) is 6.59. The van der Waals surface area contributed by atoms with Gasteiger partial charge in [0.1, 0.15) is 6.04 Å². The summed E-state index contributed by atoms with van der Waals surface area (Å²) in [5.41, 5.74) is 0.893. The predicted octanol–water partition coefficient (Wildman–Crippen LogP) is 1.93. The molecule has 0 saturated carbocycles. The summed E-state index contributed by atoms with van der Waals surface area (Å²) in [7, 11) is 0. The minimum Gasteiger partial charge on any atom is -0.480 e. The van der Waals surface area contributed by atoms with E-state index in [1.54, 1.807) is 19.9 Å². The second-order valence-corrected chi connectivity index (χ2v) is 4.31. The van der Waals surface area contributed by atoms with Crippen LogP contribution in [0.2, 0.25) is 0 Å². The van der Waals surface area contributed by atoms with Crippen molar-refractivity contribution in [1.82, 2.24) is 5.32 Å². The first kappa shape index (κ1) is 14.0. The number of rotatable bonds is 5. The van der Waals surface area contributed by atoms with E-state index in [0.29, 0.717) is 0 Å². The van der Waals surface area contributed by atoms with Gasteiger partial charge in [-0.05, 0) is 17.6 Å². The minimum atomic E-state index is -1.02. The molecule has 4 heteroatoms. The Morgan fingerprint density at radius 1 is 1.22 bits per heavy atom. The molecule has 1 aromatic rings. The third kappa shape index (κ3) is 4.41. The maximum atomic E-state index is 11.6. The van der Waals surface area contributed by atoms with Crippen molar-refractivity contribution in [1.29, 1.82) is 0 Å². The maximum absolute atomic E-state index is 11.6. The topological polar surface area (TPSA) is 66.4 Å². The quantitative estimate of drug-likeness (QED) is 0.781. The second-order valence-electron chi connectivity index (χ2n) is 4.31. The van der Waals surface area contributed by atoms with E-state index in [0.717, 1.165) is 5.56 Å². The molecular formula is C14H17NO3. The average Bonchev–Trinajstić information content (AvgIpc) is 2.34. The molecule has 1 atom stereocenters. The van der Waals surface area contributed by atoms with E-state index in [2.05, 4.69) is 5.32 Å². The van der Waals surface area contributed by atoms with Crippen LogP contribution >= 0.6 is 0 Å². The highest BCUT2D eigenvalue weighted by atomic mass is 16.4. The standard InChI is InChI=1S/C14H17NO3/c1-10(2)13(14(17)18)15-12(16)9-8-11-6-4-3-5-7-11/h3-10,13H,1-2H3,(H,15,16)(H,17,18)/b9-8+/t13-/m0/s1. The fourth-order valence-corrected chi connectivity index (χ4v) is 1.45. The molecule has 1 rings (SSSR count). The van der Waals surface area contributed by atoms with Gasteiger partial charge in [0.05, 0.1) is 0 Å². The Morgan fingerprint density at radius 3 is 2.33 bits per heavy atom. The van der Waals surface area contributed by atoms with Gasteiger partial charge in [-0.3, -0.25) is 4.79 Å². The van der Waals surface area contributed by atoms with E-state index in [-0.39, 0.29) is 5.92 Å². The van der Waals surface area contributed by atoms with Gasteiger partial charge in [-0.2, -0.15) is 0 Å². The zero-order valence-corrected chi connectivity index (χ0v) is 10.5. The number of benzene rings is 1. The van der Waals surface area contributed by atoms with Gasteiger partial charge in [0.25, 0.3) is 0 Å². The van der Waals surface area contributed by atoms with Crippen LogP contribution in [0.5, 0.6) is 0 Å². The highest BCUT2D eigenvalue weighted by molar-refractivity contribution is 5.94.